The average Bonchev–Trinajstić information content (AvgIpc) is 3.44. The van der Waals surface area contributed by atoms with Gasteiger partial charge in [-0.3, -0.25) is 4.79 Å². The first kappa shape index (κ1) is 22.5. The molecule has 0 radical (unpaired) electrons. The van der Waals surface area contributed by atoms with Crippen molar-refractivity contribution in [1.82, 2.24) is 14.5 Å². The van der Waals surface area contributed by atoms with Gasteiger partial charge in [0, 0.05) is 49.4 Å². The van der Waals surface area contributed by atoms with E-state index >= 15 is 0 Å². The van der Waals surface area contributed by atoms with Crippen molar-refractivity contribution in [1.29, 1.82) is 0 Å². The molecule has 0 atom stereocenters. The Morgan fingerprint density at radius 2 is 1.81 bits per heavy atom. The minimum atomic E-state index is -0.0322. The maximum atomic E-state index is 13.0. The molecule has 0 aliphatic carbocycles. The molecule has 3 aromatic rings. The van der Waals surface area contributed by atoms with Gasteiger partial charge in [-0.2, -0.15) is 0 Å². The van der Waals surface area contributed by atoms with Crippen LogP contribution in [-0.2, 0) is 6.54 Å². The lowest BCUT2D eigenvalue weighted by atomic mass is 9.95. The second-order valence-electron chi connectivity index (χ2n) is 7.66. The number of rotatable bonds is 7. The Bertz CT molecular complexity index is 1070. The van der Waals surface area contributed by atoms with Crippen molar-refractivity contribution < 1.29 is 19.0 Å². The van der Waals surface area contributed by atoms with Gasteiger partial charge in [-0.25, -0.2) is 4.98 Å². The smallest absolute Gasteiger partial charge is 0.258 e. The van der Waals surface area contributed by atoms with Crippen molar-refractivity contribution in [3.8, 4) is 17.2 Å². The molecular weight excluding hydrogens is 450 g/mol. The molecule has 1 aliphatic rings. The van der Waals surface area contributed by atoms with Crippen LogP contribution in [0.25, 0.3) is 0 Å². The Hall–Kier alpha value is -2.71. The molecule has 1 aromatic carbocycles. The number of thiophene rings is 1. The highest BCUT2D eigenvalue weighted by molar-refractivity contribution is 7.15. The molecule has 0 spiro atoms. The highest BCUT2D eigenvalue weighted by Crippen LogP contribution is 2.37. The predicted octanol–water partition coefficient (Wildman–Crippen LogP) is 4.69. The highest BCUT2D eigenvalue weighted by Gasteiger charge is 2.29. The van der Waals surface area contributed by atoms with E-state index in [0.717, 1.165) is 35.7 Å². The van der Waals surface area contributed by atoms with Gasteiger partial charge >= 0.3 is 0 Å². The van der Waals surface area contributed by atoms with Crippen LogP contribution < -0.4 is 14.2 Å². The van der Waals surface area contributed by atoms with Crippen LogP contribution in [0.3, 0.4) is 0 Å². The standard InChI is InChI=1S/C23H26ClN3O4S/c1-29-17-10-15(11-18(12-17)30-2)13-27-9-6-25-22(27)16-4-7-26(8-5-16)23(28)19-14-32-21(24)20(19)31-3/h6,9-12,14,16H,4-5,7-8,13H2,1-3H3. The largest absolute Gasteiger partial charge is 0.497 e. The van der Waals surface area contributed by atoms with E-state index in [-0.39, 0.29) is 11.8 Å². The van der Waals surface area contributed by atoms with E-state index in [9.17, 15) is 4.79 Å². The van der Waals surface area contributed by atoms with Crippen LogP contribution in [0, 0.1) is 0 Å². The number of amides is 1. The molecule has 2 aromatic heterocycles. The summed E-state index contributed by atoms with van der Waals surface area (Å²) in [7, 11) is 4.83. The van der Waals surface area contributed by atoms with Crippen molar-refractivity contribution in [2.75, 3.05) is 34.4 Å². The first-order valence-electron chi connectivity index (χ1n) is 10.4. The Morgan fingerprint density at radius 1 is 1.12 bits per heavy atom. The highest BCUT2D eigenvalue weighted by atomic mass is 35.5. The Labute approximate surface area is 196 Å². The lowest BCUT2D eigenvalue weighted by Crippen LogP contribution is -2.38. The number of halogens is 1. The van der Waals surface area contributed by atoms with Crippen LogP contribution in [0.15, 0.2) is 36.0 Å². The molecule has 4 rings (SSSR count). The summed E-state index contributed by atoms with van der Waals surface area (Å²) in [5.74, 6) is 3.28. The van der Waals surface area contributed by atoms with Gasteiger partial charge in [0.25, 0.3) is 5.91 Å². The van der Waals surface area contributed by atoms with Gasteiger partial charge in [0.2, 0.25) is 0 Å². The van der Waals surface area contributed by atoms with Gasteiger partial charge in [0.15, 0.2) is 5.75 Å². The molecular formula is C23H26ClN3O4S. The van der Waals surface area contributed by atoms with Gasteiger partial charge in [-0.1, -0.05) is 11.6 Å². The lowest BCUT2D eigenvalue weighted by molar-refractivity contribution is 0.0707. The number of ether oxygens (including phenoxy) is 3. The lowest BCUT2D eigenvalue weighted by Gasteiger charge is -2.32. The minimum Gasteiger partial charge on any atom is -0.497 e. The van der Waals surface area contributed by atoms with Crippen molar-refractivity contribution in [2.45, 2.75) is 25.3 Å². The van der Waals surface area contributed by atoms with Crippen LogP contribution in [0.5, 0.6) is 17.2 Å². The number of benzene rings is 1. The number of likely N-dealkylation sites (tertiary alicyclic amines) is 1. The molecule has 32 heavy (non-hydrogen) atoms. The molecule has 0 bridgehead atoms. The minimum absolute atomic E-state index is 0.0322. The zero-order valence-electron chi connectivity index (χ0n) is 18.3. The van der Waals surface area contributed by atoms with Crippen molar-refractivity contribution in [3.63, 3.8) is 0 Å². The van der Waals surface area contributed by atoms with Crippen LogP contribution in [0.2, 0.25) is 4.34 Å². The van der Waals surface area contributed by atoms with Gasteiger partial charge in [-0.15, -0.1) is 11.3 Å². The number of aromatic nitrogens is 2. The molecule has 1 aliphatic heterocycles. The average molecular weight is 476 g/mol. The quantitative estimate of drug-likeness (QED) is 0.496. The summed E-state index contributed by atoms with van der Waals surface area (Å²) in [6, 6.07) is 5.88. The van der Waals surface area contributed by atoms with E-state index in [1.807, 2.05) is 35.5 Å². The molecule has 170 valence electrons. The third-order valence-electron chi connectivity index (χ3n) is 5.80. The fourth-order valence-corrected chi connectivity index (χ4v) is 5.18. The number of hydrogen-bond acceptors (Lipinski definition) is 6. The Balaban J connectivity index is 1.44. The van der Waals surface area contributed by atoms with E-state index in [1.54, 1.807) is 19.6 Å². The number of carbonyl (C=O) groups is 1. The molecule has 7 nitrogen and oxygen atoms in total. The molecule has 0 unspecified atom stereocenters. The fraction of sp³-hybridized carbons (Fsp3) is 0.391. The van der Waals surface area contributed by atoms with E-state index in [4.69, 9.17) is 25.8 Å². The monoisotopic (exact) mass is 475 g/mol. The van der Waals surface area contributed by atoms with Crippen molar-refractivity contribution in [3.05, 3.63) is 57.3 Å². The summed E-state index contributed by atoms with van der Waals surface area (Å²) in [5.41, 5.74) is 1.61. The van der Waals surface area contributed by atoms with Crippen LogP contribution in [0.1, 0.15) is 40.5 Å². The normalized spacial score (nSPS) is 14.4. The Kier molecular flexibility index (Phi) is 6.91. The molecule has 1 saturated heterocycles. The zero-order valence-corrected chi connectivity index (χ0v) is 19.9. The second-order valence-corrected chi connectivity index (χ2v) is 9.14. The topological polar surface area (TPSA) is 65.8 Å². The summed E-state index contributed by atoms with van der Waals surface area (Å²) < 4.78 is 18.8. The van der Waals surface area contributed by atoms with E-state index in [0.29, 0.717) is 35.3 Å². The summed E-state index contributed by atoms with van der Waals surface area (Å²) in [5, 5.41) is 1.77. The van der Waals surface area contributed by atoms with E-state index < -0.39 is 0 Å². The number of hydrogen-bond donors (Lipinski definition) is 0. The number of nitrogens with zero attached hydrogens (tertiary/aromatic N) is 3. The van der Waals surface area contributed by atoms with Crippen LogP contribution >= 0.6 is 22.9 Å². The third-order valence-corrected chi connectivity index (χ3v) is 6.98. The predicted molar refractivity (Wildman–Crippen MR) is 125 cm³/mol. The number of methoxy groups -OCH3 is 3. The fourth-order valence-electron chi connectivity index (χ4n) is 4.14. The third kappa shape index (κ3) is 4.56. The van der Waals surface area contributed by atoms with E-state index in [1.165, 1.54) is 18.4 Å². The molecule has 3 heterocycles. The van der Waals surface area contributed by atoms with Crippen LogP contribution in [-0.4, -0.2) is 54.8 Å². The van der Waals surface area contributed by atoms with Crippen LogP contribution in [0.4, 0.5) is 0 Å². The molecule has 1 fully saturated rings. The summed E-state index contributed by atoms with van der Waals surface area (Å²) in [6.07, 6.45) is 5.54. The number of piperidine rings is 1. The number of imidazole rings is 1. The van der Waals surface area contributed by atoms with Crippen molar-refractivity contribution in [2.24, 2.45) is 0 Å². The second kappa shape index (κ2) is 9.83. The maximum absolute atomic E-state index is 13.0. The first-order chi connectivity index (χ1) is 15.5. The SMILES string of the molecule is COc1cc(Cn2ccnc2C2CCN(C(=O)c3csc(Cl)c3OC)CC2)cc(OC)c1. The zero-order chi connectivity index (χ0) is 22.7. The van der Waals surface area contributed by atoms with Crippen molar-refractivity contribution >= 4 is 28.8 Å². The molecule has 1 amide bonds. The maximum Gasteiger partial charge on any atom is 0.258 e. The summed E-state index contributed by atoms with van der Waals surface area (Å²) >= 11 is 7.45. The number of carbonyl (C=O) groups excluding carboxylic acids is 1. The first-order valence-corrected chi connectivity index (χ1v) is 11.6. The molecule has 0 N–H and O–H groups in total. The molecule has 9 heteroatoms. The van der Waals surface area contributed by atoms with E-state index in [2.05, 4.69) is 9.55 Å². The summed E-state index contributed by atoms with van der Waals surface area (Å²) in [6.45, 7) is 2.01. The molecule has 0 saturated carbocycles. The Morgan fingerprint density at radius 3 is 2.44 bits per heavy atom. The van der Waals surface area contributed by atoms with Gasteiger partial charge in [-0.05, 0) is 30.5 Å². The summed E-state index contributed by atoms with van der Waals surface area (Å²) in [4.78, 5) is 19.5. The van der Waals surface area contributed by atoms with Gasteiger partial charge in [0.1, 0.15) is 21.7 Å². The van der Waals surface area contributed by atoms with Gasteiger partial charge < -0.3 is 23.7 Å². The van der Waals surface area contributed by atoms with Gasteiger partial charge in [0.05, 0.1) is 26.9 Å².